The molecule has 0 aliphatic heterocycles. The fourth-order valence-electron chi connectivity index (χ4n) is 8.57. The molecule has 0 heterocycles. The van der Waals surface area contributed by atoms with Crippen LogP contribution in [0.25, 0.3) is 0 Å². The van der Waals surface area contributed by atoms with Gasteiger partial charge in [0.25, 0.3) is 0 Å². The van der Waals surface area contributed by atoms with Crippen molar-refractivity contribution in [2.75, 3.05) is 252 Å². The van der Waals surface area contributed by atoms with Gasteiger partial charge in [0.2, 0.25) is 0 Å². The van der Waals surface area contributed by atoms with Crippen LogP contribution >= 0.6 is 0 Å². The number of nitrogens with zero attached hydrogens (tertiary/aromatic N) is 2. The Morgan fingerprint density at radius 1 is 0.256 bits per heavy atom. The topological polar surface area (TPSA) is 195 Å². The molecule has 20 nitrogen and oxygen atoms in total. The SMILES string of the molecule is CCCCCCCCCCCCOC(CCN(C)C)COCCOCCOCCOCCOCCOCCOCCO.CCCCCCCCCCCCOC(CCN(CC)CC)COCCOCCOCCOCCOCCOCCOCCO. The molecule has 0 saturated heterocycles. The van der Waals surface area contributed by atoms with Crippen molar-refractivity contribution in [1.82, 2.24) is 9.80 Å². The highest BCUT2D eigenvalue weighted by Crippen LogP contribution is 2.13. The molecule has 2 atom stereocenters. The van der Waals surface area contributed by atoms with E-state index in [-0.39, 0.29) is 25.4 Å². The molecular weight excluding hydrogens is 1110 g/mol. The molecule has 520 valence electrons. The van der Waals surface area contributed by atoms with Crippen molar-refractivity contribution in [3.8, 4) is 0 Å². The first-order chi connectivity index (χ1) is 42.5. The van der Waals surface area contributed by atoms with Gasteiger partial charge in [-0.1, -0.05) is 143 Å². The minimum Gasteiger partial charge on any atom is -0.394 e. The number of ether oxygens (including phenoxy) is 16. The van der Waals surface area contributed by atoms with Crippen LogP contribution in [-0.2, 0) is 75.8 Å². The molecule has 0 saturated carbocycles. The lowest BCUT2D eigenvalue weighted by atomic mass is 10.1. The quantitative estimate of drug-likeness (QED) is 0.0546. The van der Waals surface area contributed by atoms with E-state index < -0.39 is 0 Å². The van der Waals surface area contributed by atoms with Crippen LogP contribution in [0.5, 0.6) is 0 Å². The Kier molecular flexibility index (Phi) is 81.5. The maximum absolute atomic E-state index is 8.60. The van der Waals surface area contributed by atoms with Gasteiger partial charge in [-0.3, -0.25) is 0 Å². The number of unbranched alkanes of at least 4 members (excludes halogenated alkanes) is 18. The van der Waals surface area contributed by atoms with E-state index in [1.807, 2.05) is 0 Å². The van der Waals surface area contributed by atoms with E-state index in [2.05, 4.69) is 51.6 Å². The number of aliphatic hydroxyl groups is 2. The second kappa shape index (κ2) is 80.3. The Bertz CT molecular complexity index is 1180. The van der Waals surface area contributed by atoms with Crippen molar-refractivity contribution >= 4 is 0 Å². The summed E-state index contributed by atoms with van der Waals surface area (Å²) in [7, 11) is 4.19. The minimum absolute atomic E-state index is 0.0334. The van der Waals surface area contributed by atoms with Gasteiger partial charge in [0, 0.05) is 26.3 Å². The molecule has 20 heteroatoms. The Balaban J connectivity index is 0. The van der Waals surface area contributed by atoms with Crippen LogP contribution in [0.3, 0.4) is 0 Å². The van der Waals surface area contributed by atoms with E-state index >= 15 is 0 Å². The highest BCUT2D eigenvalue weighted by atomic mass is 16.6. The highest BCUT2D eigenvalue weighted by Gasteiger charge is 2.13. The summed E-state index contributed by atoms with van der Waals surface area (Å²) in [6, 6.07) is 0. The Morgan fingerprint density at radius 2 is 0.477 bits per heavy atom. The number of hydrogen-bond acceptors (Lipinski definition) is 20. The molecule has 0 aromatic rings. The third kappa shape index (κ3) is 77.4. The molecule has 0 amide bonds. The average molecular weight is 1250 g/mol. The molecule has 0 fully saturated rings. The minimum atomic E-state index is 0.0334. The van der Waals surface area contributed by atoms with Crippen molar-refractivity contribution in [3.63, 3.8) is 0 Å². The van der Waals surface area contributed by atoms with Crippen LogP contribution in [-0.4, -0.2) is 284 Å². The predicted molar refractivity (Wildman–Crippen MR) is 344 cm³/mol. The maximum Gasteiger partial charge on any atom is 0.0820 e. The first-order valence-electron chi connectivity index (χ1n) is 34.4. The van der Waals surface area contributed by atoms with Crippen molar-refractivity contribution in [3.05, 3.63) is 0 Å². The third-order valence-electron chi connectivity index (χ3n) is 13.8. The predicted octanol–water partition coefficient (Wildman–Crippen LogP) is 9.49. The monoisotopic (exact) mass is 1250 g/mol. The smallest absolute Gasteiger partial charge is 0.0820 e. The van der Waals surface area contributed by atoms with Gasteiger partial charge in [-0.15, -0.1) is 0 Å². The molecule has 0 rings (SSSR count). The first kappa shape index (κ1) is 87.3. The van der Waals surface area contributed by atoms with Crippen LogP contribution in [0.1, 0.15) is 169 Å². The number of hydrogen-bond donors (Lipinski definition) is 2. The summed E-state index contributed by atoms with van der Waals surface area (Å²) < 4.78 is 89.3. The standard InChI is InChI=1S/C34H71NO9.C32H67NO9/c1-4-7-8-9-10-11-12-13-14-15-19-44-34(16-17-35(5-2)6-3)33-43-32-31-42-30-29-41-28-27-40-26-25-39-24-23-38-22-21-37-20-18-36;1-4-5-6-7-8-9-10-11-12-13-17-42-32(14-15-33(2)3)31-41-30-29-40-28-27-39-26-25-38-24-23-37-22-21-36-20-19-35-18-16-34/h34,36H,4-33H2,1-3H3;32,34H,4-31H2,1-3H3. The molecule has 86 heavy (non-hydrogen) atoms. The summed E-state index contributed by atoms with van der Waals surface area (Å²) in [5.74, 6) is 0. The van der Waals surface area contributed by atoms with Gasteiger partial charge in [0.1, 0.15) is 0 Å². The van der Waals surface area contributed by atoms with Crippen LogP contribution in [0, 0.1) is 0 Å². The van der Waals surface area contributed by atoms with Crippen LogP contribution in [0.2, 0.25) is 0 Å². The molecule has 2 N–H and O–H groups in total. The summed E-state index contributed by atoms with van der Waals surface area (Å²) in [6.45, 7) is 29.4. The molecule has 0 aromatic carbocycles. The van der Waals surface area contributed by atoms with Crippen molar-refractivity contribution in [2.24, 2.45) is 0 Å². The summed E-state index contributed by atoms with van der Waals surface area (Å²) in [5.41, 5.74) is 0. The average Bonchev–Trinajstić information content (AvgIpc) is 3.52. The van der Waals surface area contributed by atoms with E-state index in [9.17, 15) is 0 Å². The summed E-state index contributed by atoms with van der Waals surface area (Å²) >= 11 is 0. The van der Waals surface area contributed by atoms with Crippen LogP contribution in [0.15, 0.2) is 0 Å². The Hall–Kier alpha value is -0.800. The summed E-state index contributed by atoms with van der Waals surface area (Å²) in [5, 5.41) is 17.2. The summed E-state index contributed by atoms with van der Waals surface area (Å²) in [6.07, 6.45) is 29.0. The van der Waals surface area contributed by atoms with Gasteiger partial charge in [-0.2, -0.15) is 0 Å². The zero-order valence-corrected chi connectivity index (χ0v) is 56.5. The van der Waals surface area contributed by atoms with Crippen LogP contribution < -0.4 is 0 Å². The molecule has 0 radical (unpaired) electrons. The maximum atomic E-state index is 8.60. The molecule has 0 aliphatic carbocycles. The molecular formula is C66H138N2O18. The van der Waals surface area contributed by atoms with E-state index in [4.69, 9.17) is 86.0 Å². The van der Waals surface area contributed by atoms with E-state index in [1.54, 1.807) is 0 Å². The lowest BCUT2D eigenvalue weighted by Gasteiger charge is -2.23. The Labute approximate surface area is 526 Å². The van der Waals surface area contributed by atoms with Gasteiger partial charge >= 0.3 is 0 Å². The summed E-state index contributed by atoms with van der Waals surface area (Å²) in [4.78, 5) is 4.63. The molecule has 0 aliphatic rings. The Morgan fingerprint density at radius 3 is 0.709 bits per heavy atom. The fraction of sp³-hybridized carbons (Fsp3) is 1.00. The zero-order valence-electron chi connectivity index (χ0n) is 56.5. The van der Waals surface area contributed by atoms with E-state index in [0.717, 1.165) is 65.1 Å². The normalized spacial score (nSPS) is 12.5. The molecule has 0 bridgehead atoms. The molecule has 0 aromatic heterocycles. The lowest BCUT2D eigenvalue weighted by Crippen LogP contribution is -2.30. The van der Waals surface area contributed by atoms with Gasteiger partial charge < -0.3 is 95.8 Å². The van der Waals surface area contributed by atoms with E-state index in [1.165, 1.54) is 116 Å². The van der Waals surface area contributed by atoms with Gasteiger partial charge in [0.05, 0.1) is 210 Å². The van der Waals surface area contributed by atoms with Crippen molar-refractivity contribution < 1.29 is 86.0 Å². The number of rotatable bonds is 76. The van der Waals surface area contributed by atoms with Gasteiger partial charge in [0.15, 0.2) is 0 Å². The second-order valence-electron chi connectivity index (χ2n) is 21.7. The van der Waals surface area contributed by atoms with Crippen LogP contribution in [0.4, 0.5) is 0 Å². The lowest BCUT2D eigenvalue weighted by molar-refractivity contribution is -0.0446. The van der Waals surface area contributed by atoms with Crippen molar-refractivity contribution in [2.45, 2.75) is 181 Å². The number of aliphatic hydroxyl groups excluding tert-OH is 2. The largest absolute Gasteiger partial charge is 0.394 e. The highest BCUT2D eigenvalue weighted by molar-refractivity contribution is 4.63. The molecule has 0 spiro atoms. The van der Waals surface area contributed by atoms with E-state index in [0.29, 0.717) is 185 Å². The first-order valence-corrected chi connectivity index (χ1v) is 34.4. The van der Waals surface area contributed by atoms with Gasteiger partial charge in [-0.25, -0.2) is 0 Å². The zero-order chi connectivity index (χ0) is 62.6. The third-order valence-corrected chi connectivity index (χ3v) is 13.8. The molecule has 2 unspecified atom stereocenters. The second-order valence-corrected chi connectivity index (χ2v) is 21.7. The van der Waals surface area contributed by atoms with Gasteiger partial charge in [-0.05, 0) is 52.9 Å². The van der Waals surface area contributed by atoms with Crippen molar-refractivity contribution in [1.29, 1.82) is 0 Å². The fourth-order valence-corrected chi connectivity index (χ4v) is 8.57.